The van der Waals surface area contributed by atoms with Gasteiger partial charge in [-0.3, -0.25) is 0 Å². The fourth-order valence-corrected chi connectivity index (χ4v) is 6.42. The van der Waals surface area contributed by atoms with Gasteiger partial charge in [0, 0.05) is 43.9 Å². The van der Waals surface area contributed by atoms with E-state index in [1.54, 1.807) is 16.6 Å². The van der Waals surface area contributed by atoms with E-state index in [0.29, 0.717) is 38.4 Å². The first-order valence-corrected chi connectivity index (χ1v) is 13.0. The maximum absolute atomic E-state index is 13.3. The van der Waals surface area contributed by atoms with Crippen LogP contribution in [-0.4, -0.2) is 58.5 Å². The smallest absolute Gasteiger partial charge is 0.254 e. The Morgan fingerprint density at radius 3 is 2.44 bits per heavy atom. The van der Waals surface area contributed by atoms with Crippen molar-refractivity contribution in [1.82, 2.24) is 23.9 Å². The van der Waals surface area contributed by atoms with E-state index in [4.69, 9.17) is 23.2 Å². The standard InChI is InChI=1S/C23H22Cl2N6O2S/c1-16-18(14-17-6-3-2-4-7-17)22(31-23(28-16)26-15-27-31)29-10-12-30(13-11-29)34(32,33)20-9-5-8-19(24)21(20)25/h2-9,15H,10-14H2,1H3. The summed E-state index contributed by atoms with van der Waals surface area (Å²) in [6, 6.07) is 14.8. The Kier molecular flexibility index (Phi) is 6.20. The minimum absolute atomic E-state index is 0.0262. The Morgan fingerprint density at radius 1 is 0.971 bits per heavy atom. The van der Waals surface area contributed by atoms with Gasteiger partial charge in [-0.15, -0.1) is 0 Å². The highest BCUT2D eigenvalue weighted by atomic mass is 35.5. The van der Waals surface area contributed by atoms with Gasteiger partial charge in [-0.05, 0) is 24.6 Å². The SMILES string of the molecule is Cc1nc2ncnn2c(N2CCN(S(=O)(=O)c3cccc(Cl)c3Cl)CC2)c1Cc1ccccc1. The molecule has 0 amide bonds. The highest BCUT2D eigenvalue weighted by molar-refractivity contribution is 7.89. The van der Waals surface area contributed by atoms with E-state index in [2.05, 4.69) is 32.1 Å². The number of rotatable bonds is 5. The molecule has 0 N–H and O–H groups in total. The molecule has 1 aliphatic rings. The number of sulfonamides is 1. The molecule has 1 aliphatic heterocycles. The van der Waals surface area contributed by atoms with Crippen LogP contribution >= 0.6 is 23.2 Å². The molecule has 0 radical (unpaired) electrons. The van der Waals surface area contributed by atoms with Crippen LogP contribution in [0.1, 0.15) is 16.8 Å². The lowest BCUT2D eigenvalue weighted by molar-refractivity contribution is 0.382. The average Bonchev–Trinajstić information content (AvgIpc) is 3.30. The topological polar surface area (TPSA) is 83.7 Å². The van der Waals surface area contributed by atoms with Gasteiger partial charge in [-0.1, -0.05) is 59.6 Å². The van der Waals surface area contributed by atoms with Crippen molar-refractivity contribution >= 4 is 44.8 Å². The maximum Gasteiger partial charge on any atom is 0.254 e. The first-order chi connectivity index (χ1) is 16.4. The van der Waals surface area contributed by atoms with Crippen LogP contribution in [0, 0.1) is 6.92 Å². The molecule has 1 saturated heterocycles. The average molecular weight is 517 g/mol. The van der Waals surface area contributed by atoms with Gasteiger partial charge in [0.25, 0.3) is 5.78 Å². The van der Waals surface area contributed by atoms with Crippen molar-refractivity contribution in [1.29, 1.82) is 0 Å². The molecule has 0 aliphatic carbocycles. The lowest BCUT2D eigenvalue weighted by atomic mass is 10.0. The Balaban J connectivity index is 1.46. The van der Waals surface area contributed by atoms with Crippen LogP contribution in [0.5, 0.6) is 0 Å². The Hall–Kier alpha value is -2.72. The number of aromatic nitrogens is 4. The molecule has 0 saturated carbocycles. The molecule has 3 heterocycles. The largest absolute Gasteiger partial charge is 0.354 e. The van der Waals surface area contributed by atoms with Gasteiger partial charge in [0.2, 0.25) is 10.0 Å². The number of aryl methyl sites for hydroxylation is 1. The van der Waals surface area contributed by atoms with Gasteiger partial charge >= 0.3 is 0 Å². The van der Waals surface area contributed by atoms with Crippen LogP contribution in [0.15, 0.2) is 59.8 Å². The second-order valence-corrected chi connectivity index (χ2v) is 10.8. The molecule has 1 fully saturated rings. The lowest BCUT2D eigenvalue weighted by Gasteiger charge is -2.36. The van der Waals surface area contributed by atoms with Crippen LogP contribution in [0.3, 0.4) is 0 Å². The van der Waals surface area contributed by atoms with Gasteiger partial charge in [0.1, 0.15) is 17.0 Å². The van der Waals surface area contributed by atoms with Gasteiger partial charge in [-0.25, -0.2) is 13.4 Å². The fraction of sp³-hybridized carbons (Fsp3) is 0.261. The van der Waals surface area contributed by atoms with Crippen LogP contribution in [0.2, 0.25) is 10.0 Å². The molecule has 0 bridgehead atoms. The van der Waals surface area contributed by atoms with Gasteiger partial charge in [0.15, 0.2) is 0 Å². The van der Waals surface area contributed by atoms with Gasteiger partial charge in [0.05, 0.1) is 10.0 Å². The summed E-state index contributed by atoms with van der Waals surface area (Å²) < 4.78 is 29.7. The quantitative estimate of drug-likeness (QED) is 0.400. The third-order valence-electron chi connectivity index (χ3n) is 6.00. The number of piperazine rings is 1. The summed E-state index contributed by atoms with van der Waals surface area (Å²) in [7, 11) is -3.78. The van der Waals surface area contributed by atoms with E-state index >= 15 is 0 Å². The molecule has 0 atom stereocenters. The number of nitrogens with zero attached hydrogens (tertiary/aromatic N) is 6. The van der Waals surface area contributed by atoms with E-state index in [1.807, 2.05) is 25.1 Å². The van der Waals surface area contributed by atoms with Crippen molar-refractivity contribution in [2.24, 2.45) is 0 Å². The van der Waals surface area contributed by atoms with Crippen LogP contribution in [0.4, 0.5) is 5.82 Å². The second-order valence-electron chi connectivity index (χ2n) is 8.08. The summed E-state index contributed by atoms with van der Waals surface area (Å²) in [5.41, 5.74) is 3.07. The molecular weight excluding hydrogens is 495 g/mol. The summed E-state index contributed by atoms with van der Waals surface area (Å²) in [4.78, 5) is 11.1. The first kappa shape index (κ1) is 23.0. The van der Waals surface area contributed by atoms with Crippen molar-refractivity contribution in [3.05, 3.63) is 81.7 Å². The summed E-state index contributed by atoms with van der Waals surface area (Å²) in [5, 5.41) is 4.67. The minimum atomic E-state index is -3.78. The predicted molar refractivity (Wildman–Crippen MR) is 132 cm³/mol. The van der Waals surface area contributed by atoms with E-state index in [0.717, 1.165) is 22.6 Å². The molecule has 34 heavy (non-hydrogen) atoms. The number of fused-ring (bicyclic) bond motifs is 1. The lowest BCUT2D eigenvalue weighted by Crippen LogP contribution is -2.49. The predicted octanol–water partition coefficient (Wildman–Crippen LogP) is 3.84. The summed E-state index contributed by atoms with van der Waals surface area (Å²) in [6.45, 7) is 3.54. The van der Waals surface area contributed by atoms with E-state index in [-0.39, 0.29) is 14.9 Å². The Labute approximate surface area is 207 Å². The summed E-state index contributed by atoms with van der Waals surface area (Å²) in [6.07, 6.45) is 2.17. The second kappa shape index (κ2) is 9.14. The van der Waals surface area contributed by atoms with E-state index in [1.165, 1.54) is 16.7 Å². The van der Waals surface area contributed by atoms with Crippen molar-refractivity contribution in [3.8, 4) is 0 Å². The Bertz CT molecular complexity index is 1450. The molecule has 8 nitrogen and oxygen atoms in total. The Morgan fingerprint density at radius 2 is 1.71 bits per heavy atom. The van der Waals surface area contributed by atoms with Crippen molar-refractivity contribution in [3.63, 3.8) is 0 Å². The maximum atomic E-state index is 13.3. The molecule has 5 rings (SSSR count). The van der Waals surface area contributed by atoms with Gasteiger partial charge < -0.3 is 4.90 Å². The number of halogens is 2. The zero-order valence-corrected chi connectivity index (χ0v) is 20.7. The van der Waals surface area contributed by atoms with Crippen molar-refractivity contribution in [2.45, 2.75) is 18.2 Å². The fourth-order valence-electron chi connectivity index (χ4n) is 4.26. The van der Waals surface area contributed by atoms with Crippen LogP contribution in [0.25, 0.3) is 5.78 Å². The third-order valence-corrected chi connectivity index (χ3v) is 8.87. The van der Waals surface area contributed by atoms with E-state index < -0.39 is 10.0 Å². The normalized spacial score (nSPS) is 15.2. The molecule has 2 aromatic heterocycles. The zero-order chi connectivity index (χ0) is 23.9. The monoisotopic (exact) mass is 516 g/mol. The molecule has 0 unspecified atom stereocenters. The van der Waals surface area contributed by atoms with Crippen LogP contribution < -0.4 is 4.90 Å². The van der Waals surface area contributed by atoms with Crippen molar-refractivity contribution in [2.75, 3.05) is 31.1 Å². The molecule has 2 aromatic carbocycles. The van der Waals surface area contributed by atoms with Gasteiger partial charge in [-0.2, -0.15) is 18.9 Å². The molecule has 4 aromatic rings. The van der Waals surface area contributed by atoms with E-state index in [9.17, 15) is 8.42 Å². The number of benzene rings is 2. The zero-order valence-electron chi connectivity index (χ0n) is 18.4. The number of hydrogen-bond acceptors (Lipinski definition) is 6. The number of anilines is 1. The third kappa shape index (κ3) is 4.13. The summed E-state index contributed by atoms with van der Waals surface area (Å²) >= 11 is 12.3. The highest BCUT2D eigenvalue weighted by Crippen LogP contribution is 2.32. The number of hydrogen-bond donors (Lipinski definition) is 0. The van der Waals surface area contributed by atoms with Crippen LogP contribution in [-0.2, 0) is 16.4 Å². The van der Waals surface area contributed by atoms with Crippen molar-refractivity contribution < 1.29 is 8.42 Å². The first-order valence-electron chi connectivity index (χ1n) is 10.8. The molecule has 176 valence electrons. The molecular formula is C23H22Cl2N6O2S. The summed E-state index contributed by atoms with van der Waals surface area (Å²) in [5.74, 6) is 1.41. The molecule has 0 spiro atoms. The minimum Gasteiger partial charge on any atom is -0.354 e. The highest BCUT2D eigenvalue weighted by Gasteiger charge is 2.32. The molecule has 11 heteroatoms.